The number of amides is 1. The maximum atomic E-state index is 12.3. The van der Waals surface area contributed by atoms with E-state index in [0.717, 1.165) is 5.56 Å². The summed E-state index contributed by atoms with van der Waals surface area (Å²) in [5, 5.41) is 22.0. The Kier molecular flexibility index (Phi) is 8.00. The van der Waals surface area contributed by atoms with Gasteiger partial charge in [0.1, 0.15) is 5.75 Å². The molecule has 0 aromatic heterocycles. The molecule has 32 heavy (non-hydrogen) atoms. The SMILES string of the molecule is C[C@@]1(NC(=O)CCO)C[C@@H](c2cccc(Cl)c2)O[C@@H](c2cccc(Cl)c2OCC(=O)O)C1. The Bertz CT molecular complexity index is 985. The lowest BCUT2D eigenvalue weighted by molar-refractivity contribution is -0.139. The second kappa shape index (κ2) is 10.5. The van der Waals surface area contributed by atoms with Gasteiger partial charge >= 0.3 is 5.97 Å². The van der Waals surface area contributed by atoms with Crippen LogP contribution in [0, 0.1) is 0 Å². The molecule has 0 spiro atoms. The van der Waals surface area contributed by atoms with Crippen molar-refractivity contribution in [3.8, 4) is 5.75 Å². The summed E-state index contributed by atoms with van der Waals surface area (Å²) < 4.78 is 11.9. The Morgan fingerprint density at radius 2 is 1.91 bits per heavy atom. The van der Waals surface area contributed by atoms with Crippen LogP contribution in [0.3, 0.4) is 0 Å². The second-order valence-electron chi connectivity index (χ2n) is 8.00. The predicted molar refractivity (Wildman–Crippen MR) is 120 cm³/mol. The number of para-hydroxylation sites is 1. The maximum Gasteiger partial charge on any atom is 0.341 e. The summed E-state index contributed by atoms with van der Waals surface area (Å²) in [7, 11) is 0. The van der Waals surface area contributed by atoms with E-state index in [1.54, 1.807) is 24.3 Å². The standard InChI is InChI=1S/C23H25Cl2NO6/c1-23(26-20(28)8-9-27)11-18(14-4-2-5-15(24)10-14)32-19(12-23)16-6-3-7-17(25)22(16)31-13-21(29)30/h2-7,10,18-19,27H,8-9,11-13H2,1H3,(H,26,28)(H,29,30)/t18-,19+,23+/m0/s1. The maximum absolute atomic E-state index is 12.3. The van der Waals surface area contributed by atoms with Crippen LogP contribution in [0.15, 0.2) is 42.5 Å². The van der Waals surface area contributed by atoms with Gasteiger partial charge in [-0.15, -0.1) is 0 Å². The number of aliphatic hydroxyl groups excluding tert-OH is 1. The Balaban J connectivity index is 1.98. The molecule has 0 bridgehead atoms. The average molecular weight is 482 g/mol. The van der Waals surface area contributed by atoms with Crippen LogP contribution in [0.25, 0.3) is 0 Å². The van der Waals surface area contributed by atoms with Crippen molar-refractivity contribution in [2.75, 3.05) is 13.2 Å². The van der Waals surface area contributed by atoms with Crippen LogP contribution in [0.4, 0.5) is 0 Å². The van der Waals surface area contributed by atoms with Gasteiger partial charge in [0.25, 0.3) is 0 Å². The number of carboxylic acids is 1. The Labute approximate surface area is 196 Å². The summed E-state index contributed by atoms with van der Waals surface area (Å²) >= 11 is 12.5. The van der Waals surface area contributed by atoms with Crippen molar-refractivity contribution in [3.63, 3.8) is 0 Å². The van der Waals surface area contributed by atoms with E-state index >= 15 is 0 Å². The molecule has 1 fully saturated rings. The molecule has 1 heterocycles. The molecule has 2 aromatic carbocycles. The number of aliphatic carboxylic acids is 1. The van der Waals surface area contributed by atoms with Gasteiger partial charge in [0.05, 0.1) is 23.8 Å². The summed E-state index contributed by atoms with van der Waals surface area (Å²) in [5.41, 5.74) is 0.766. The van der Waals surface area contributed by atoms with Gasteiger partial charge in [0.15, 0.2) is 6.61 Å². The smallest absolute Gasteiger partial charge is 0.341 e. The van der Waals surface area contributed by atoms with Crippen molar-refractivity contribution in [2.24, 2.45) is 0 Å². The molecule has 0 unspecified atom stereocenters. The van der Waals surface area contributed by atoms with Crippen molar-refractivity contribution in [1.29, 1.82) is 0 Å². The zero-order valence-electron chi connectivity index (χ0n) is 17.5. The van der Waals surface area contributed by atoms with E-state index in [4.69, 9.17) is 42.9 Å². The Morgan fingerprint density at radius 3 is 2.59 bits per heavy atom. The first-order chi connectivity index (χ1) is 15.2. The lowest BCUT2D eigenvalue weighted by Gasteiger charge is -2.43. The minimum absolute atomic E-state index is 0.00686. The van der Waals surface area contributed by atoms with Gasteiger partial charge in [-0.2, -0.15) is 0 Å². The number of hydrogen-bond donors (Lipinski definition) is 3. The van der Waals surface area contributed by atoms with Gasteiger partial charge in [-0.05, 0) is 30.7 Å². The van der Waals surface area contributed by atoms with Gasteiger partial charge in [0.2, 0.25) is 5.91 Å². The third-order valence-electron chi connectivity index (χ3n) is 5.29. The molecule has 3 N–H and O–H groups in total. The second-order valence-corrected chi connectivity index (χ2v) is 8.84. The summed E-state index contributed by atoms with van der Waals surface area (Å²) in [4.78, 5) is 23.4. The van der Waals surface area contributed by atoms with Gasteiger partial charge in [-0.1, -0.05) is 47.5 Å². The van der Waals surface area contributed by atoms with Crippen molar-refractivity contribution in [1.82, 2.24) is 5.32 Å². The van der Waals surface area contributed by atoms with E-state index < -0.39 is 30.3 Å². The van der Waals surface area contributed by atoms with E-state index in [0.29, 0.717) is 23.4 Å². The summed E-state index contributed by atoms with van der Waals surface area (Å²) in [6, 6.07) is 12.4. The number of ether oxygens (including phenoxy) is 2. The highest BCUT2D eigenvalue weighted by molar-refractivity contribution is 6.32. The van der Waals surface area contributed by atoms with Crippen LogP contribution >= 0.6 is 23.2 Å². The van der Waals surface area contributed by atoms with E-state index in [2.05, 4.69) is 5.32 Å². The number of aliphatic hydroxyl groups is 1. The van der Waals surface area contributed by atoms with E-state index in [1.807, 2.05) is 25.1 Å². The topological polar surface area (TPSA) is 105 Å². The van der Waals surface area contributed by atoms with Crippen LogP contribution in [-0.2, 0) is 14.3 Å². The molecule has 9 heteroatoms. The molecule has 2 aromatic rings. The van der Waals surface area contributed by atoms with Crippen LogP contribution < -0.4 is 10.1 Å². The highest BCUT2D eigenvalue weighted by atomic mass is 35.5. The van der Waals surface area contributed by atoms with Crippen molar-refractivity contribution < 1.29 is 29.3 Å². The first kappa shape index (κ1) is 24.3. The Hall–Kier alpha value is -2.32. The number of halogens is 2. The molecule has 3 rings (SSSR count). The number of carbonyl (C=O) groups excluding carboxylic acids is 1. The molecule has 1 saturated heterocycles. The quantitative estimate of drug-likeness (QED) is 0.518. The molecule has 172 valence electrons. The monoisotopic (exact) mass is 481 g/mol. The number of carbonyl (C=O) groups is 2. The van der Waals surface area contributed by atoms with Crippen LogP contribution in [0.2, 0.25) is 10.0 Å². The van der Waals surface area contributed by atoms with Gasteiger partial charge < -0.3 is 25.0 Å². The first-order valence-corrected chi connectivity index (χ1v) is 10.9. The third-order valence-corrected chi connectivity index (χ3v) is 5.82. The van der Waals surface area contributed by atoms with Crippen molar-refractivity contribution >= 4 is 35.1 Å². The molecular weight excluding hydrogens is 457 g/mol. The van der Waals surface area contributed by atoms with Crippen molar-refractivity contribution in [3.05, 3.63) is 63.6 Å². The molecule has 1 amide bonds. The molecule has 0 radical (unpaired) electrons. The fourth-order valence-electron chi connectivity index (χ4n) is 3.95. The molecular formula is C23H25Cl2NO6. The van der Waals surface area contributed by atoms with Gasteiger partial charge in [-0.25, -0.2) is 4.79 Å². The van der Waals surface area contributed by atoms with Crippen LogP contribution in [0.5, 0.6) is 5.75 Å². The predicted octanol–water partition coefficient (Wildman–Crippen LogP) is 4.31. The largest absolute Gasteiger partial charge is 0.480 e. The van der Waals surface area contributed by atoms with Crippen LogP contribution in [0.1, 0.15) is 49.5 Å². The lowest BCUT2D eigenvalue weighted by Crippen LogP contribution is -2.51. The molecule has 1 aliphatic heterocycles. The number of benzene rings is 2. The molecule has 0 aliphatic carbocycles. The normalized spacial score (nSPS) is 22.9. The Morgan fingerprint density at radius 1 is 1.19 bits per heavy atom. The lowest BCUT2D eigenvalue weighted by atomic mass is 9.81. The highest BCUT2D eigenvalue weighted by Gasteiger charge is 2.41. The van der Waals surface area contributed by atoms with Crippen LogP contribution in [-0.4, -0.2) is 40.8 Å². The summed E-state index contributed by atoms with van der Waals surface area (Å²) in [5.74, 6) is -1.16. The zero-order valence-corrected chi connectivity index (χ0v) is 19.0. The number of rotatable bonds is 8. The molecule has 1 aliphatic rings. The van der Waals surface area contributed by atoms with E-state index in [-0.39, 0.29) is 29.7 Å². The molecule has 0 saturated carbocycles. The van der Waals surface area contributed by atoms with E-state index in [1.165, 1.54) is 0 Å². The minimum Gasteiger partial charge on any atom is -0.480 e. The first-order valence-electron chi connectivity index (χ1n) is 10.2. The third kappa shape index (κ3) is 6.13. The fourth-order valence-corrected chi connectivity index (χ4v) is 4.39. The average Bonchev–Trinajstić information content (AvgIpc) is 2.72. The molecule has 7 nitrogen and oxygen atoms in total. The summed E-state index contributed by atoms with van der Waals surface area (Å²) in [6.07, 6.45) is -0.0850. The minimum atomic E-state index is -1.13. The number of hydrogen-bond acceptors (Lipinski definition) is 5. The number of carboxylic acid groups (broad SMARTS) is 1. The zero-order chi connectivity index (χ0) is 23.3. The molecule has 3 atom stereocenters. The fraction of sp³-hybridized carbons (Fsp3) is 0.391. The highest BCUT2D eigenvalue weighted by Crippen LogP contribution is 2.47. The van der Waals surface area contributed by atoms with Gasteiger partial charge in [-0.3, -0.25) is 4.79 Å². The van der Waals surface area contributed by atoms with Crippen molar-refractivity contribution in [2.45, 2.75) is 43.9 Å². The van der Waals surface area contributed by atoms with Gasteiger partial charge in [0, 0.05) is 35.4 Å². The summed E-state index contributed by atoms with van der Waals surface area (Å²) in [6.45, 7) is 1.12. The number of nitrogens with one attached hydrogen (secondary N) is 1. The van der Waals surface area contributed by atoms with E-state index in [9.17, 15) is 9.59 Å².